The van der Waals surface area contributed by atoms with Crippen LogP contribution in [0.5, 0.6) is 0 Å². The third-order valence-corrected chi connectivity index (χ3v) is 4.64. The first-order chi connectivity index (χ1) is 10.2. The first-order valence-electron chi connectivity index (χ1n) is 7.42. The van der Waals surface area contributed by atoms with Gasteiger partial charge in [-0.25, -0.2) is 4.98 Å². The summed E-state index contributed by atoms with van der Waals surface area (Å²) >= 11 is 1.69. The molecule has 0 aliphatic heterocycles. The lowest BCUT2D eigenvalue weighted by Gasteiger charge is -2.14. The highest BCUT2D eigenvalue weighted by Gasteiger charge is 2.10. The summed E-state index contributed by atoms with van der Waals surface area (Å²) in [5.41, 5.74) is 3.81. The van der Waals surface area contributed by atoms with Crippen molar-refractivity contribution in [1.29, 1.82) is 0 Å². The highest BCUT2D eigenvalue weighted by Crippen LogP contribution is 2.16. The number of imidazole rings is 1. The first kappa shape index (κ1) is 14.3. The molecule has 3 rings (SSSR count). The van der Waals surface area contributed by atoms with Crippen molar-refractivity contribution in [2.45, 2.75) is 39.3 Å². The molecule has 4 heteroatoms. The van der Waals surface area contributed by atoms with Crippen LogP contribution in [0.1, 0.15) is 30.3 Å². The van der Waals surface area contributed by atoms with Crippen LogP contribution in [0.25, 0.3) is 4.96 Å². The Morgan fingerprint density at radius 2 is 2.10 bits per heavy atom. The molecular formula is C17H21N3S. The second-order valence-corrected chi connectivity index (χ2v) is 6.38. The molecule has 2 heterocycles. The quantitative estimate of drug-likeness (QED) is 0.750. The van der Waals surface area contributed by atoms with E-state index in [-0.39, 0.29) is 0 Å². The number of benzene rings is 1. The molecule has 1 N–H and O–H groups in total. The van der Waals surface area contributed by atoms with Gasteiger partial charge in [0.15, 0.2) is 4.96 Å². The van der Waals surface area contributed by atoms with E-state index in [0.717, 1.165) is 30.0 Å². The van der Waals surface area contributed by atoms with Crippen LogP contribution in [0, 0.1) is 6.92 Å². The Morgan fingerprint density at radius 3 is 2.90 bits per heavy atom. The lowest BCUT2D eigenvalue weighted by molar-refractivity contribution is 0.508. The first-order valence-corrected chi connectivity index (χ1v) is 8.30. The van der Waals surface area contributed by atoms with Crippen LogP contribution < -0.4 is 5.32 Å². The van der Waals surface area contributed by atoms with Crippen LogP contribution in [0.3, 0.4) is 0 Å². The van der Waals surface area contributed by atoms with Crippen molar-refractivity contribution >= 4 is 16.3 Å². The van der Waals surface area contributed by atoms with E-state index in [1.807, 2.05) is 0 Å². The lowest BCUT2D eigenvalue weighted by atomic mass is 10.1. The molecule has 0 radical (unpaired) electrons. The number of aryl methyl sites for hydroxylation is 2. The van der Waals surface area contributed by atoms with Gasteiger partial charge in [0.25, 0.3) is 0 Å². The Kier molecular flexibility index (Phi) is 4.36. The van der Waals surface area contributed by atoms with E-state index in [0.29, 0.717) is 6.04 Å². The number of hydrogen-bond donors (Lipinski definition) is 1. The van der Waals surface area contributed by atoms with Crippen molar-refractivity contribution in [3.8, 4) is 0 Å². The van der Waals surface area contributed by atoms with Crippen molar-refractivity contribution in [2.24, 2.45) is 0 Å². The average molecular weight is 299 g/mol. The fourth-order valence-electron chi connectivity index (χ4n) is 2.55. The van der Waals surface area contributed by atoms with E-state index in [4.69, 9.17) is 0 Å². The molecule has 110 valence electrons. The van der Waals surface area contributed by atoms with Gasteiger partial charge >= 0.3 is 0 Å². The molecule has 21 heavy (non-hydrogen) atoms. The van der Waals surface area contributed by atoms with Crippen molar-refractivity contribution in [2.75, 3.05) is 0 Å². The maximum Gasteiger partial charge on any atom is 0.194 e. The summed E-state index contributed by atoms with van der Waals surface area (Å²) in [6.07, 6.45) is 4.37. The summed E-state index contributed by atoms with van der Waals surface area (Å²) < 4.78 is 2.19. The molecule has 1 atom stereocenters. The highest BCUT2D eigenvalue weighted by molar-refractivity contribution is 7.15. The summed E-state index contributed by atoms with van der Waals surface area (Å²) in [4.78, 5) is 5.67. The average Bonchev–Trinajstić information content (AvgIpc) is 3.05. The molecule has 0 amide bonds. The number of nitrogens with zero attached hydrogens (tertiary/aromatic N) is 2. The molecule has 2 aromatic heterocycles. The molecule has 3 aromatic rings. The van der Waals surface area contributed by atoms with Gasteiger partial charge in [0, 0.05) is 24.2 Å². The third kappa shape index (κ3) is 3.34. The van der Waals surface area contributed by atoms with Crippen LogP contribution in [0.4, 0.5) is 0 Å². The Balaban J connectivity index is 1.55. The largest absolute Gasteiger partial charge is 0.309 e. The number of thiazole rings is 1. The van der Waals surface area contributed by atoms with Gasteiger partial charge in [-0.05, 0) is 32.3 Å². The smallest absolute Gasteiger partial charge is 0.194 e. The molecule has 0 saturated heterocycles. The fourth-order valence-corrected chi connectivity index (χ4v) is 3.33. The van der Waals surface area contributed by atoms with Crippen LogP contribution >= 0.6 is 11.3 Å². The number of fused-ring (bicyclic) bond motifs is 1. The van der Waals surface area contributed by atoms with Crippen LogP contribution in [0.15, 0.2) is 41.9 Å². The second kappa shape index (κ2) is 6.41. The maximum absolute atomic E-state index is 4.59. The molecule has 0 spiro atoms. The van der Waals surface area contributed by atoms with Gasteiger partial charge in [-0.2, -0.15) is 0 Å². The minimum atomic E-state index is 0.494. The fraction of sp³-hybridized carbons (Fsp3) is 0.353. The van der Waals surface area contributed by atoms with Crippen LogP contribution in [-0.4, -0.2) is 15.4 Å². The molecule has 0 saturated carbocycles. The van der Waals surface area contributed by atoms with Crippen LogP contribution in [0.2, 0.25) is 0 Å². The van der Waals surface area contributed by atoms with Gasteiger partial charge in [-0.3, -0.25) is 4.40 Å². The number of hydrogen-bond acceptors (Lipinski definition) is 3. The second-order valence-electron chi connectivity index (χ2n) is 5.51. The molecule has 0 fully saturated rings. The molecule has 0 bridgehead atoms. The van der Waals surface area contributed by atoms with Crippen molar-refractivity contribution in [3.05, 3.63) is 58.9 Å². The minimum Gasteiger partial charge on any atom is -0.309 e. The molecule has 1 aromatic carbocycles. The Hall–Kier alpha value is -1.65. The van der Waals surface area contributed by atoms with E-state index in [1.54, 1.807) is 11.3 Å². The number of rotatable bonds is 6. The van der Waals surface area contributed by atoms with Gasteiger partial charge in [0.2, 0.25) is 0 Å². The van der Waals surface area contributed by atoms with Crippen LogP contribution in [-0.2, 0) is 13.0 Å². The Bertz CT molecular complexity index is 699. The zero-order valence-corrected chi connectivity index (χ0v) is 13.4. The monoisotopic (exact) mass is 299 g/mol. The van der Waals surface area contributed by atoms with Crippen molar-refractivity contribution in [1.82, 2.24) is 14.7 Å². The van der Waals surface area contributed by atoms with E-state index >= 15 is 0 Å². The maximum atomic E-state index is 4.59. The highest BCUT2D eigenvalue weighted by atomic mass is 32.1. The van der Waals surface area contributed by atoms with Gasteiger partial charge in [-0.15, -0.1) is 11.3 Å². The molecule has 3 nitrogen and oxygen atoms in total. The zero-order chi connectivity index (χ0) is 14.7. The van der Waals surface area contributed by atoms with E-state index in [1.165, 1.54) is 11.3 Å². The summed E-state index contributed by atoms with van der Waals surface area (Å²) in [7, 11) is 0. The summed E-state index contributed by atoms with van der Waals surface area (Å²) in [6.45, 7) is 5.22. The summed E-state index contributed by atoms with van der Waals surface area (Å²) in [5, 5.41) is 5.71. The number of aromatic nitrogens is 2. The summed E-state index contributed by atoms with van der Waals surface area (Å²) in [5.74, 6) is 0. The Morgan fingerprint density at radius 1 is 1.29 bits per heavy atom. The van der Waals surface area contributed by atoms with Crippen molar-refractivity contribution < 1.29 is 0 Å². The standard InChI is InChI=1S/C17H21N3S/c1-13(8-9-15-6-4-3-5-7-15)18-12-16-14(2)19-17-20(16)10-11-21-17/h3-7,10-11,13,18H,8-9,12H2,1-2H3. The molecule has 0 aliphatic rings. The van der Waals surface area contributed by atoms with Gasteiger partial charge in [0.1, 0.15) is 0 Å². The SMILES string of the molecule is Cc1nc2sccn2c1CNC(C)CCc1ccccc1. The topological polar surface area (TPSA) is 29.3 Å². The Labute approximate surface area is 129 Å². The number of nitrogens with one attached hydrogen (secondary N) is 1. The summed E-state index contributed by atoms with van der Waals surface area (Å²) in [6, 6.07) is 11.2. The third-order valence-electron chi connectivity index (χ3n) is 3.89. The molecule has 1 unspecified atom stereocenters. The zero-order valence-electron chi connectivity index (χ0n) is 12.5. The predicted molar refractivity (Wildman–Crippen MR) is 88.9 cm³/mol. The van der Waals surface area contributed by atoms with E-state index in [9.17, 15) is 0 Å². The van der Waals surface area contributed by atoms with E-state index < -0.39 is 0 Å². The molecule has 0 aliphatic carbocycles. The minimum absolute atomic E-state index is 0.494. The molecular weight excluding hydrogens is 278 g/mol. The normalized spacial score (nSPS) is 12.9. The van der Waals surface area contributed by atoms with Gasteiger partial charge < -0.3 is 5.32 Å². The van der Waals surface area contributed by atoms with Crippen molar-refractivity contribution in [3.63, 3.8) is 0 Å². The lowest BCUT2D eigenvalue weighted by Crippen LogP contribution is -2.26. The van der Waals surface area contributed by atoms with E-state index in [2.05, 4.69) is 70.5 Å². The van der Waals surface area contributed by atoms with Gasteiger partial charge in [-0.1, -0.05) is 30.3 Å². The predicted octanol–water partition coefficient (Wildman–Crippen LogP) is 3.82. The van der Waals surface area contributed by atoms with Gasteiger partial charge in [0.05, 0.1) is 11.4 Å².